The van der Waals surface area contributed by atoms with Crippen molar-refractivity contribution in [1.82, 2.24) is 0 Å². The highest BCUT2D eigenvalue weighted by atomic mass is 31.2. The van der Waals surface area contributed by atoms with Gasteiger partial charge in [0.2, 0.25) is 0 Å². The first-order valence-corrected chi connectivity index (χ1v) is 13.0. The summed E-state index contributed by atoms with van der Waals surface area (Å²) in [5.41, 5.74) is 1.11. The molecule has 0 bridgehead atoms. The summed E-state index contributed by atoms with van der Waals surface area (Å²) < 4.78 is 12.4. The van der Waals surface area contributed by atoms with Gasteiger partial charge in [-0.1, -0.05) is 85.3 Å². The Morgan fingerprint density at radius 3 is 1.92 bits per heavy atom. The zero-order valence-electron chi connectivity index (χ0n) is 18.3. The maximum atomic E-state index is 6.91. The minimum absolute atomic E-state index is 0.409. The van der Waals surface area contributed by atoms with Gasteiger partial charge < -0.3 is 4.52 Å². The molecular weight excluding hydrogens is 337 g/mol. The van der Waals surface area contributed by atoms with E-state index in [2.05, 4.69) is 59.8 Å². The molecule has 0 radical (unpaired) electrons. The highest BCUT2D eigenvalue weighted by Gasteiger charge is 2.36. The lowest BCUT2D eigenvalue weighted by atomic mass is 10.2. The number of nitrogens with zero attached hydrogens (tertiary/aromatic N) is 1. The number of unbranched alkanes of at least 4 members (excludes halogenated alkanes) is 3. The molecule has 0 aromatic rings. The molecule has 0 amide bonds. The fraction of sp³-hybridized carbons (Fsp3) is 0.826. The van der Waals surface area contributed by atoms with E-state index < -0.39 is 7.28 Å². The predicted octanol–water partition coefficient (Wildman–Crippen LogP) is 8.70. The Bertz CT molecular complexity index is 476. The smallest absolute Gasteiger partial charge is 0.139 e. The summed E-state index contributed by atoms with van der Waals surface area (Å²) in [6.45, 7) is 14.0. The summed E-state index contributed by atoms with van der Waals surface area (Å²) in [5, 5.41) is 0. The Morgan fingerprint density at radius 1 is 0.923 bits per heavy atom. The number of hydrogen-bond acceptors (Lipinski definition) is 2. The van der Waals surface area contributed by atoms with Crippen LogP contribution >= 0.6 is 7.28 Å². The molecule has 0 aromatic heterocycles. The Balaban J connectivity index is 3.21. The molecule has 0 saturated carbocycles. The summed E-state index contributed by atoms with van der Waals surface area (Å²) >= 11 is 0. The van der Waals surface area contributed by atoms with E-state index in [-0.39, 0.29) is 0 Å². The van der Waals surface area contributed by atoms with Crippen molar-refractivity contribution in [2.24, 2.45) is 4.74 Å². The summed E-state index contributed by atoms with van der Waals surface area (Å²) in [6.07, 6.45) is 18.7. The Hall–Kier alpha value is -0.490. The lowest BCUT2D eigenvalue weighted by molar-refractivity contribution is 0.425. The molecule has 2 nitrogen and oxygen atoms in total. The summed E-state index contributed by atoms with van der Waals surface area (Å²) in [4.78, 5) is 0. The zero-order valence-corrected chi connectivity index (χ0v) is 19.2. The van der Waals surface area contributed by atoms with E-state index in [1.807, 2.05) is 0 Å². The third-order valence-electron chi connectivity index (χ3n) is 5.57. The molecule has 0 N–H and O–H groups in total. The van der Waals surface area contributed by atoms with Gasteiger partial charge in [0.05, 0.1) is 0 Å². The van der Waals surface area contributed by atoms with Gasteiger partial charge in [0.15, 0.2) is 0 Å². The molecular formula is C23H44NOP. The first-order chi connectivity index (χ1) is 12.5. The van der Waals surface area contributed by atoms with Gasteiger partial charge in [0.25, 0.3) is 0 Å². The van der Waals surface area contributed by atoms with E-state index in [1.165, 1.54) is 57.8 Å². The van der Waals surface area contributed by atoms with E-state index in [4.69, 9.17) is 9.27 Å². The van der Waals surface area contributed by atoms with E-state index >= 15 is 0 Å². The largest absolute Gasteiger partial charge is 0.463 e. The second-order valence-electron chi connectivity index (χ2n) is 8.12. The normalized spacial score (nSPS) is 19.5. The van der Waals surface area contributed by atoms with Crippen LogP contribution in [0.1, 0.15) is 106 Å². The van der Waals surface area contributed by atoms with Crippen LogP contribution in [0.4, 0.5) is 0 Å². The van der Waals surface area contributed by atoms with Gasteiger partial charge in [-0.25, -0.2) is 0 Å². The molecule has 0 aromatic carbocycles. The summed E-state index contributed by atoms with van der Waals surface area (Å²) in [7, 11) is -1.87. The van der Waals surface area contributed by atoms with Crippen molar-refractivity contribution in [3.63, 3.8) is 0 Å². The van der Waals surface area contributed by atoms with Gasteiger partial charge in [-0.2, -0.15) is 0 Å². The maximum Gasteiger partial charge on any atom is 0.139 e. The molecule has 3 heteroatoms. The molecule has 1 aliphatic rings. The van der Waals surface area contributed by atoms with Crippen molar-refractivity contribution in [2.75, 3.05) is 0 Å². The van der Waals surface area contributed by atoms with Crippen molar-refractivity contribution in [1.29, 1.82) is 0 Å². The van der Waals surface area contributed by atoms with Crippen LogP contribution in [-0.4, -0.2) is 17.4 Å². The first kappa shape index (κ1) is 23.5. The molecule has 0 saturated heterocycles. The fourth-order valence-corrected chi connectivity index (χ4v) is 7.86. The lowest BCUT2D eigenvalue weighted by Gasteiger charge is -2.38. The van der Waals surface area contributed by atoms with Crippen molar-refractivity contribution in [2.45, 2.75) is 123 Å². The Kier molecular flexibility index (Phi) is 11.6. The fourth-order valence-electron chi connectivity index (χ4n) is 3.78. The van der Waals surface area contributed by atoms with Crippen molar-refractivity contribution in [3.8, 4) is 0 Å². The van der Waals surface area contributed by atoms with Crippen molar-refractivity contribution >= 4 is 7.28 Å². The SMILES string of the molecule is CCCCC(C)N=P(OC1=CC=CC1)(C(C)CCCC)C(C)CCCC. The average molecular weight is 382 g/mol. The van der Waals surface area contributed by atoms with Crippen LogP contribution in [0.5, 0.6) is 0 Å². The van der Waals surface area contributed by atoms with Gasteiger partial charge in [0.1, 0.15) is 13.0 Å². The van der Waals surface area contributed by atoms with Gasteiger partial charge in [-0.05, 0) is 32.3 Å². The molecule has 152 valence electrons. The van der Waals surface area contributed by atoms with Crippen LogP contribution in [0.3, 0.4) is 0 Å². The van der Waals surface area contributed by atoms with Crippen LogP contribution in [0, 0.1) is 0 Å². The first-order valence-electron chi connectivity index (χ1n) is 11.2. The predicted molar refractivity (Wildman–Crippen MR) is 119 cm³/mol. The molecule has 26 heavy (non-hydrogen) atoms. The maximum absolute atomic E-state index is 6.91. The van der Waals surface area contributed by atoms with Crippen molar-refractivity contribution in [3.05, 3.63) is 24.0 Å². The standard InChI is InChI=1S/C23H44NOP/c1-7-10-15-20(4)24-26(21(5)16-11-8-2,22(6)17-12-9-3)25-23-18-13-14-19-23/h13-14,18,20-22H,7-12,15-17,19H2,1-6H3. The summed E-state index contributed by atoms with van der Waals surface area (Å²) in [6, 6.07) is 0.409. The van der Waals surface area contributed by atoms with Crippen LogP contribution in [0.25, 0.3) is 0 Å². The molecule has 0 heterocycles. The monoisotopic (exact) mass is 381 g/mol. The second-order valence-corrected chi connectivity index (χ2v) is 11.6. The Labute approximate surface area is 164 Å². The topological polar surface area (TPSA) is 21.6 Å². The minimum Gasteiger partial charge on any atom is -0.463 e. The molecule has 1 aliphatic carbocycles. The van der Waals surface area contributed by atoms with E-state index in [9.17, 15) is 0 Å². The molecule has 0 spiro atoms. The molecule has 3 atom stereocenters. The minimum atomic E-state index is -1.87. The van der Waals surface area contributed by atoms with E-state index in [1.54, 1.807) is 0 Å². The van der Waals surface area contributed by atoms with E-state index in [0.717, 1.165) is 12.2 Å². The van der Waals surface area contributed by atoms with Gasteiger partial charge in [-0.15, -0.1) is 0 Å². The highest BCUT2D eigenvalue weighted by Crippen LogP contribution is 2.64. The van der Waals surface area contributed by atoms with Crippen LogP contribution in [0.2, 0.25) is 0 Å². The summed E-state index contributed by atoms with van der Waals surface area (Å²) in [5.74, 6) is 1.15. The number of hydrogen-bond donors (Lipinski definition) is 0. The van der Waals surface area contributed by atoms with Crippen LogP contribution in [0.15, 0.2) is 28.7 Å². The second kappa shape index (κ2) is 12.8. The number of allylic oxidation sites excluding steroid dienone is 3. The van der Waals surface area contributed by atoms with Gasteiger partial charge >= 0.3 is 0 Å². The van der Waals surface area contributed by atoms with Gasteiger partial charge in [0, 0.05) is 23.8 Å². The highest BCUT2D eigenvalue weighted by molar-refractivity contribution is 7.63. The lowest BCUT2D eigenvalue weighted by Crippen LogP contribution is -2.19. The zero-order chi connectivity index (χ0) is 19.4. The van der Waals surface area contributed by atoms with Crippen molar-refractivity contribution < 1.29 is 4.52 Å². The molecule has 0 aliphatic heterocycles. The quantitative estimate of drug-likeness (QED) is 0.276. The third-order valence-corrected chi connectivity index (χ3v) is 9.89. The van der Waals surface area contributed by atoms with Gasteiger partial charge in [-0.3, -0.25) is 4.74 Å². The van der Waals surface area contributed by atoms with E-state index in [0.29, 0.717) is 17.4 Å². The molecule has 3 unspecified atom stereocenters. The van der Waals surface area contributed by atoms with Crippen LogP contribution in [-0.2, 0) is 4.52 Å². The molecule has 1 rings (SSSR count). The Morgan fingerprint density at radius 2 is 1.46 bits per heavy atom. The molecule has 0 fully saturated rings. The van der Waals surface area contributed by atoms with Crippen LogP contribution < -0.4 is 0 Å². The third kappa shape index (κ3) is 7.26. The number of rotatable bonds is 14. The average Bonchev–Trinajstić information content (AvgIpc) is 3.14.